The Labute approximate surface area is 131 Å². The third-order valence-electron chi connectivity index (χ3n) is 3.45. The highest BCUT2D eigenvalue weighted by molar-refractivity contribution is 6.30. The first-order valence-electron chi connectivity index (χ1n) is 6.61. The van der Waals surface area contributed by atoms with E-state index in [2.05, 4.69) is 4.98 Å². The van der Waals surface area contributed by atoms with Gasteiger partial charge in [0.15, 0.2) is 0 Å². The second-order valence-electron chi connectivity index (χ2n) is 4.83. The predicted molar refractivity (Wildman–Crippen MR) is 83.5 cm³/mol. The number of rotatable bonds is 4. The van der Waals surface area contributed by atoms with Crippen molar-refractivity contribution < 1.29 is 14.6 Å². The summed E-state index contributed by atoms with van der Waals surface area (Å²) >= 11 is 5.83. The maximum Gasteiger partial charge on any atom is 0.337 e. The van der Waals surface area contributed by atoms with Gasteiger partial charge in [0, 0.05) is 18.3 Å². The lowest BCUT2D eigenvalue weighted by Gasteiger charge is -2.08. The van der Waals surface area contributed by atoms with Gasteiger partial charge in [0.2, 0.25) is 0 Å². The van der Waals surface area contributed by atoms with E-state index in [1.165, 1.54) is 12.3 Å². The van der Waals surface area contributed by atoms with Gasteiger partial charge in [0.05, 0.1) is 22.3 Å². The zero-order valence-electron chi connectivity index (χ0n) is 11.8. The molecule has 112 valence electrons. The molecule has 0 aliphatic rings. The fraction of sp³-hybridized carbons (Fsp3) is 0.125. The summed E-state index contributed by atoms with van der Waals surface area (Å²) in [6.07, 6.45) is 1.50. The number of hydrogen-bond donors (Lipinski definition) is 1. The Morgan fingerprint density at radius 1 is 1.32 bits per heavy atom. The van der Waals surface area contributed by atoms with Crippen molar-refractivity contribution in [1.29, 1.82) is 0 Å². The van der Waals surface area contributed by atoms with Crippen molar-refractivity contribution in [2.45, 2.75) is 6.61 Å². The number of aromatic carboxylic acids is 1. The fourth-order valence-corrected chi connectivity index (χ4v) is 2.45. The number of benzene rings is 1. The number of hydrogen-bond acceptors (Lipinski definition) is 3. The third-order valence-corrected chi connectivity index (χ3v) is 3.70. The van der Waals surface area contributed by atoms with Gasteiger partial charge < -0.3 is 14.4 Å². The van der Waals surface area contributed by atoms with Crippen LogP contribution >= 0.6 is 11.6 Å². The molecule has 0 aliphatic heterocycles. The molecule has 6 heteroatoms. The van der Waals surface area contributed by atoms with Crippen molar-refractivity contribution in [2.75, 3.05) is 0 Å². The highest BCUT2D eigenvalue weighted by Gasteiger charge is 2.15. The van der Waals surface area contributed by atoms with E-state index in [0.717, 1.165) is 5.69 Å². The zero-order valence-corrected chi connectivity index (χ0v) is 12.5. The van der Waals surface area contributed by atoms with Crippen molar-refractivity contribution >= 4 is 28.6 Å². The number of fused-ring (bicyclic) bond motifs is 1. The monoisotopic (exact) mass is 316 g/mol. The van der Waals surface area contributed by atoms with Crippen molar-refractivity contribution in [3.05, 3.63) is 58.9 Å². The topological polar surface area (TPSA) is 64.4 Å². The van der Waals surface area contributed by atoms with Gasteiger partial charge in [-0.3, -0.25) is 4.98 Å². The highest BCUT2D eigenvalue weighted by Crippen LogP contribution is 2.22. The number of carbonyl (C=O) groups is 1. The summed E-state index contributed by atoms with van der Waals surface area (Å²) < 4.78 is 7.50. The lowest BCUT2D eigenvalue weighted by atomic mass is 10.2. The van der Waals surface area contributed by atoms with Crippen LogP contribution < -0.4 is 4.74 Å². The SMILES string of the molecule is Cn1c(COc2ccc(Cl)cc2)cc2nccc(C(=O)O)c21. The quantitative estimate of drug-likeness (QED) is 0.800. The van der Waals surface area contributed by atoms with Crippen LogP contribution in [0, 0.1) is 0 Å². The van der Waals surface area contributed by atoms with Gasteiger partial charge in [-0.25, -0.2) is 4.79 Å². The number of carboxylic acids is 1. The van der Waals surface area contributed by atoms with E-state index in [1.807, 2.05) is 6.07 Å². The Morgan fingerprint density at radius 3 is 2.73 bits per heavy atom. The van der Waals surface area contributed by atoms with E-state index in [1.54, 1.807) is 35.9 Å². The number of carboxylic acid groups (broad SMARTS) is 1. The molecule has 0 atom stereocenters. The molecule has 0 saturated carbocycles. The van der Waals surface area contributed by atoms with Gasteiger partial charge in [0.1, 0.15) is 12.4 Å². The van der Waals surface area contributed by atoms with Crippen LogP contribution in [0.3, 0.4) is 0 Å². The molecule has 22 heavy (non-hydrogen) atoms. The zero-order chi connectivity index (χ0) is 15.7. The Balaban J connectivity index is 1.91. The Hall–Kier alpha value is -2.53. The summed E-state index contributed by atoms with van der Waals surface area (Å²) in [7, 11) is 1.80. The largest absolute Gasteiger partial charge is 0.487 e. The Bertz CT molecular complexity index is 840. The van der Waals surface area contributed by atoms with Gasteiger partial charge in [-0.05, 0) is 36.4 Å². The number of pyridine rings is 1. The van der Waals surface area contributed by atoms with Crippen molar-refractivity contribution in [1.82, 2.24) is 9.55 Å². The standard InChI is InChI=1S/C16H13ClN2O3/c1-19-11(9-22-12-4-2-10(17)3-5-12)8-14-15(19)13(16(20)21)6-7-18-14/h2-8H,9H2,1H3,(H,20,21). The van der Waals surface area contributed by atoms with E-state index in [0.29, 0.717) is 28.4 Å². The van der Waals surface area contributed by atoms with Crippen LogP contribution in [0.1, 0.15) is 16.1 Å². The first-order valence-corrected chi connectivity index (χ1v) is 6.99. The Morgan fingerprint density at radius 2 is 2.05 bits per heavy atom. The normalized spacial score (nSPS) is 10.8. The molecule has 3 aromatic rings. The van der Waals surface area contributed by atoms with Crippen LogP contribution in [0.4, 0.5) is 0 Å². The molecular formula is C16H13ClN2O3. The number of aromatic nitrogens is 2. The second-order valence-corrected chi connectivity index (χ2v) is 5.27. The number of nitrogens with zero attached hydrogens (tertiary/aromatic N) is 2. The molecule has 0 bridgehead atoms. The minimum absolute atomic E-state index is 0.227. The molecule has 0 radical (unpaired) electrons. The third kappa shape index (κ3) is 2.63. The second kappa shape index (κ2) is 5.69. The van der Waals surface area contributed by atoms with E-state index >= 15 is 0 Å². The van der Waals surface area contributed by atoms with Crippen LogP contribution in [0.15, 0.2) is 42.6 Å². The smallest absolute Gasteiger partial charge is 0.337 e. The molecule has 5 nitrogen and oxygen atoms in total. The molecule has 0 aliphatic carbocycles. The van der Waals surface area contributed by atoms with Crippen LogP contribution in [-0.2, 0) is 13.7 Å². The molecule has 0 unspecified atom stereocenters. The van der Waals surface area contributed by atoms with Gasteiger partial charge in [-0.2, -0.15) is 0 Å². The van der Waals surface area contributed by atoms with Crippen molar-refractivity contribution in [3.63, 3.8) is 0 Å². The lowest BCUT2D eigenvalue weighted by molar-refractivity contribution is 0.0698. The van der Waals surface area contributed by atoms with Gasteiger partial charge >= 0.3 is 5.97 Å². The van der Waals surface area contributed by atoms with Crippen LogP contribution in [0.2, 0.25) is 5.02 Å². The number of ether oxygens (including phenoxy) is 1. The average molecular weight is 317 g/mol. The Kier molecular flexibility index (Phi) is 3.73. The van der Waals surface area contributed by atoms with Gasteiger partial charge in [-0.15, -0.1) is 0 Å². The molecule has 0 amide bonds. The summed E-state index contributed by atoms with van der Waals surface area (Å²) in [5, 5.41) is 9.91. The molecular weight excluding hydrogens is 304 g/mol. The summed E-state index contributed by atoms with van der Waals surface area (Å²) in [4.78, 5) is 15.5. The molecule has 1 aromatic carbocycles. The maximum absolute atomic E-state index is 11.3. The fourth-order valence-electron chi connectivity index (χ4n) is 2.33. The summed E-state index contributed by atoms with van der Waals surface area (Å²) in [5.41, 5.74) is 2.29. The number of aryl methyl sites for hydroxylation is 1. The van der Waals surface area contributed by atoms with E-state index in [9.17, 15) is 9.90 Å². The number of halogens is 1. The summed E-state index contributed by atoms with van der Waals surface area (Å²) in [6, 6.07) is 10.4. The summed E-state index contributed by atoms with van der Waals surface area (Å²) in [5.74, 6) is -0.278. The van der Waals surface area contributed by atoms with Crippen LogP contribution in [0.25, 0.3) is 11.0 Å². The summed E-state index contributed by atoms with van der Waals surface area (Å²) in [6.45, 7) is 0.313. The van der Waals surface area contributed by atoms with Crippen molar-refractivity contribution in [3.8, 4) is 5.75 Å². The maximum atomic E-state index is 11.3. The van der Waals surface area contributed by atoms with Gasteiger partial charge in [-0.1, -0.05) is 11.6 Å². The predicted octanol–water partition coefficient (Wildman–Crippen LogP) is 3.50. The molecule has 0 saturated heterocycles. The molecule has 0 fully saturated rings. The van der Waals surface area contributed by atoms with E-state index in [-0.39, 0.29) is 5.56 Å². The first-order chi connectivity index (χ1) is 10.6. The molecule has 2 aromatic heterocycles. The average Bonchev–Trinajstić information content (AvgIpc) is 2.83. The van der Waals surface area contributed by atoms with E-state index < -0.39 is 5.97 Å². The highest BCUT2D eigenvalue weighted by atomic mass is 35.5. The lowest BCUT2D eigenvalue weighted by Crippen LogP contribution is -2.05. The van der Waals surface area contributed by atoms with Crippen molar-refractivity contribution in [2.24, 2.45) is 7.05 Å². The van der Waals surface area contributed by atoms with Gasteiger partial charge in [0.25, 0.3) is 0 Å². The van der Waals surface area contributed by atoms with E-state index in [4.69, 9.17) is 16.3 Å². The van der Waals surface area contributed by atoms with Crippen LogP contribution in [-0.4, -0.2) is 20.6 Å². The molecule has 3 rings (SSSR count). The molecule has 2 heterocycles. The van der Waals surface area contributed by atoms with Crippen LogP contribution in [0.5, 0.6) is 5.75 Å². The minimum atomic E-state index is -0.973. The first kappa shape index (κ1) is 14.4. The minimum Gasteiger partial charge on any atom is -0.487 e. The molecule has 0 spiro atoms. The molecule has 1 N–H and O–H groups in total.